The first-order chi connectivity index (χ1) is 11.0. The quantitative estimate of drug-likeness (QED) is 0.639. The number of carbonyl (C=O) groups excluding carboxylic acids is 2. The molecule has 0 saturated heterocycles. The first-order valence-corrected chi connectivity index (χ1v) is 8.44. The third kappa shape index (κ3) is 4.27. The van der Waals surface area contributed by atoms with Crippen LogP contribution in [0, 0.1) is 0 Å². The van der Waals surface area contributed by atoms with E-state index < -0.39 is 11.6 Å². The number of nitrogens with one attached hydrogen (secondary N) is 2. The van der Waals surface area contributed by atoms with Crippen LogP contribution in [0.1, 0.15) is 25.8 Å². The van der Waals surface area contributed by atoms with E-state index in [1.807, 2.05) is 36.6 Å². The van der Waals surface area contributed by atoms with Crippen LogP contribution in [-0.4, -0.2) is 24.1 Å². The number of alkyl carbamates (subject to hydrolysis) is 1. The van der Waals surface area contributed by atoms with Crippen molar-refractivity contribution < 1.29 is 14.3 Å². The lowest BCUT2D eigenvalue weighted by atomic mass is 9.88. The number of hydrogen-bond donors (Lipinski definition) is 2. The summed E-state index contributed by atoms with van der Waals surface area (Å²) >= 11 is 6.81. The molecule has 0 radical (unpaired) electrons. The van der Waals surface area contributed by atoms with Crippen molar-refractivity contribution >= 4 is 51.1 Å². The maximum absolute atomic E-state index is 11.4. The second kappa shape index (κ2) is 7.52. The Morgan fingerprint density at radius 2 is 2.22 bits per heavy atom. The smallest absolute Gasteiger partial charge is 0.413 e. The minimum Gasteiger partial charge on any atom is -0.450 e. The molecule has 0 aliphatic carbocycles. The van der Waals surface area contributed by atoms with Gasteiger partial charge in [0.25, 0.3) is 0 Å². The van der Waals surface area contributed by atoms with Crippen molar-refractivity contribution in [2.24, 2.45) is 0 Å². The highest BCUT2D eigenvalue weighted by molar-refractivity contribution is 7.80. The van der Waals surface area contributed by atoms with E-state index in [4.69, 9.17) is 17.0 Å². The molecule has 0 unspecified atom stereocenters. The second-order valence-corrected chi connectivity index (χ2v) is 6.53. The van der Waals surface area contributed by atoms with Gasteiger partial charge in [0.05, 0.1) is 12.1 Å². The molecule has 0 aliphatic rings. The lowest BCUT2D eigenvalue weighted by Crippen LogP contribution is -2.49. The number of thiophene rings is 1. The van der Waals surface area contributed by atoms with Gasteiger partial charge < -0.3 is 14.8 Å². The zero-order valence-electron chi connectivity index (χ0n) is 12.9. The van der Waals surface area contributed by atoms with E-state index in [0.717, 1.165) is 17.2 Å². The van der Waals surface area contributed by atoms with Gasteiger partial charge in [-0.25, -0.2) is 4.79 Å². The second-order valence-electron chi connectivity index (χ2n) is 5.18. The highest BCUT2D eigenvalue weighted by Gasteiger charge is 2.28. The molecular weight excluding hydrogens is 332 g/mol. The van der Waals surface area contributed by atoms with Crippen molar-refractivity contribution in [1.82, 2.24) is 10.6 Å². The maximum atomic E-state index is 11.4. The Kier molecular flexibility index (Phi) is 5.68. The van der Waals surface area contributed by atoms with Crippen molar-refractivity contribution in [3.05, 3.63) is 35.2 Å². The number of rotatable bonds is 5. The molecule has 1 heterocycles. The van der Waals surface area contributed by atoms with Crippen LogP contribution < -0.4 is 10.6 Å². The van der Waals surface area contributed by atoms with Gasteiger partial charge in [0.1, 0.15) is 6.29 Å². The fourth-order valence-corrected chi connectivity index (χ4v) is 3.34. The van der Waals surface area contributed by atoms with Crippen molar-refractivity contribution in [2.75, 3.05) is 6.61 Å². The minimum atomic E-state index is -0.714. The molecule has 0 bridgehead atoms. The van der Waals surface area contributed by atoms with Crippen LogP contribution in [0.4, 0.5) is 4.79 Å². The van der Waals surface area contributed by atoms with Gasteiger partial charge in [0, 0.05) is 11.1 Å². The van der Waals surface area contributed by atoms with E-state index in [-0.39, 0.29) is 18.1 Å². The molecule has 0 aliphatic heterocycles. The first kappa shape index (κ1) is 17.4. The van der Waals surface area contributed by atoms with E-state index in [9.17, 15) is 9.59 Å². The van der Waals surface area contributed by atoms with Gasteiger partial charge in [0.15, 0.2) is 5.11 Å². The average molecular weight is 350 g/mol. The predicted molar refractivity (Wildman–Crippen MR) is 95.7 cm³/mol. The van der Waals surface area contributed by atoms with Gasteiger partial charge in [-0.1, -0.05) is 6.07 Å². The number of benzene rings is 1. The fraction of sp³-hybridized carbons (Fsp3) is 0.312. The number of ether oxygens (including phenoxy) is 1. The summed E-state index contributed by atoms with van der Waals surface area (Å²) in [4.78, 5) is 22.6. The van der Waals surface area contributed by atoms with E-state index in [0.29, 0.717) is 0 Å². The largest absolute Gasteiger partial charge is 0.450 e. The van der Waals surface area contributed by atoms with Crippen LogP contribution >= 0.6 is 23.6 Å². The van der Waals surface area contributed by atoms with Crippen LogP contribution in [0.5, 0.6) is 0 Å². The highest BCUT2D eigenvalue weighted by Crippen LogP contribution is 2.29. The van der Waals surface area contributed by atoms with Crippen LogP contribution in [-0.2, 0) is 15.1 Å². The molecule has 0 fully saturated rings. The Balaban J connectivity index is 2.21. The molecule has 2 rings (SSSR count). The molecular formula is C16H18N2O3S2. The summed E-state index contributed by atoms with van der Waals surface area (Å²) in [5.41, 5.74) is 0.206. The number of fused-ring (bicyclic) bond motifs is 1. The molecule has 1 aromatic carbocycles. The SMILES string of the molecule is CCOC(=O)NC(=S)N[C@@](C)(CC=O)c1ccc2sccc2c1. The van der Waals surface area contributed by atoms with E-state index in [1.165, 1.54) is 4.70 Å². The van der Waals surface area contributed by atoms with Gasteiger partial charge in [-0.05, 0) is 60.6 Å². The van der Waals surface area contributed by atoms with Gasteiger partial charge >= 0.3 is 6.09 Å². The van der Waals surface area contributed by atoms with Crippen LogP contribution in [0.25, 0.3) is 10.1 Å². The molecule has 122 valence electrons. The van der Waals surface area contributed by atoms with Crippen molar-refractivity contribution in [1.29, 1.82) is 0 Å². The monoisotopic (exact) mass is 350 g/mol. The molecule has 2 N–H and O–H groups in total. The number of aldehydes is 1. The number of amides is 1. The standard InChI is InChI=1S/C16H18N2O3S2/c1-3-21-15(20)17-14(22)18-16(2,7-8-19)12-4-5-13-11(10-12)6-9-23-13/h4-6,8-10H,3,7H2,1-2H3,(H2,17,18,20,22)/t16-/m0/s1. The third-order valence-corrected chi connectivity index (χ3v) is 4.56. The van der Waals surface area contributed by atoms with E-state index in [2.05, 4.69) is 10.6 Å². The van der Waals surface area contributed by atoms with Crippen LogP contribution in [0.3, 0.4) is 0 Å². The van der Waals surface area contributed by atoms with Crippen LogP contribution in [0.2, 0.25) is 0 Å². The number of thiocarbonyl (C=S) groups is 1. The summed E-state index contributed by atoms with van der Waals surface area (Å²) < 4.78 is 5.97. The van der Waals surface area contributed by atoms with Gasteiger partial charge in [-0.15, -0.1) is 11.3 Å². The Morgan fingerprint density at radius 3 is 2.91 bits per heavy atom. The highest BCUT2D eigenvalue weighted by atomic mass is 32.1. The Labute approximate surface area is 144 Å². The summed E-state index contributed by atoms with van der Waals surface area (Å²) in [7, 11) is 0. The molecule has 23 heavy (non-hydrogen) atoms. The predicted octanol–water partition coefficient (Wildman–Crippen LogP) is 3.33. The summed E-state index contributed by atoms with van der Waals surface area (Å²) in [5, 5.41) is 8.74. The molecule has 1 atom stereocenters. The van der Waals surface area contributed by atoms with Gasteiger partial charge in [-0.3, -0.25) is 5.32 Å². The third-order valence-electron chi connectivity index (χ3n) is 3.46. The molecule has 0 spiro atoms. The molecule has 1 amide bonds. The van der Waals surface area contributed by atoms with Crippen molar-refractivity contribution in [2.45, 2.75) is 25.8 Å². The number of hydrogen-bond acceptors (Lipinski definition) is 5. The Morgan fingerprint density at radius 1 is 1.43 bits per heavy atom. The summed E-state index contributed by atoms with van der Waals surface area (Å²) in [5.74, 6) is 0. The van der Waals surface area contributed by atoms with E-state index in [1.54, 1.807) is 18.3 Å². The average Bonchev–Trinajstić information content (AvgIpc) is 2.94. The zero-order valence-corrected chi connectivity index (χ0v) is 14.6. The molecule has 1 aromatic heterocycles. The topological polar surface area (TPSA) is 67.4 Å². The Bertz CT molecular complexity index is 729. The van der Waals surface area contributed by atoms with Gasteiger partial charge in [-0.2, -0.15) is 0 Å². The maximum Gasteiger partial charge on any atom is 0.413 e. The summed E-state index contributed by atoms with van der Waals surface area (Å²) in [6.45, 7) is 3.84. The molecule has 2 aromatic rings. The van der Waals surface area contributed by atoms with Crippen LogP contribution in [0.15, 0.2) is 29.6 Å². The fourth-order valence-electron chi connectivity index (χ4n) is 2.26. The molecule has 0 saturated carbocycles. The summed E-state index contributed by atoms with van der Waals surface area (Å²) in [6, 6.07) is 8.03. The zero-order chi connectivity index (χ0) is 16.9. The van der Waals surface area contributed by atoms with Crippen molar-refractivity contribution in [3.8, 4) is 0 Å². The van der Waals surface area contributed by atoms with E-state index >= 15 is 0 Å². The lowest BCUT2D eigenvalue weighted by Gasteiger charge is -2.31. The Hall–Kier alpha value is -1.99. The normalized spacial score (nSPS) is 13.1. The van der Waals surface area contributed by atoms with Gasteiger partial charge in [0.2, 0.25) is 0 Å². The van der Waals surface area contributed by atoms with Crippen molar-refractivity contribution in [3.63, 3.8) is 0 Å². The minimum absolute atomic E-state index is 0.123. The molecule has 7 heteroatoms. The lowest BCUT2D eigenvalue weighted by molar-refractivity contribution is -0.108. The molecule has 5 nitrogen and oxygen atoms in total. The first-order valence-electron chi connectivity index (χ1n) is 7.16. The summed E-state index contributed by atoms with van der Waals surface area (Å²) in [6.07, 6.45) is 0.428. The number of carbonyl (C=O) groups is 2.